The molecule has 0 aliphatic carbocycles. The van der Waals surface area contributed by atoms with Crippen molar-refractivity contribution in [3.8, 4) is 0 Å². The maximum Gasteiger partial charge on any atom is 0.305 e. The predicted octanol–water partition coefficient (Wildman–Crippen LogP) is 1.32. The molecule has 5 N–H and O–H groups in total. The molecule has 0 aromatic heterocycles. The number of sulfonamides is 1. The van der Waals surface area contributed by atoms with Crippen LogP contribution in [0.2, 0.25) is 0 Å². The van der Waals surface area contributed by atoms with Crippen LogP contribution in [0.5, 0.6) is 0 Å². The van der Waals surface area contributed by atoms with Crippen molar-refractivity contribution in [2.45, 2.75) is 29.8 Å². The molecule has 11 heteroatoms. The maximum atomic E-state index is 12.9. The van der Waals surface area contributed by atoms with E-state index in [9.17, 15) is 27.9 Å². The topological polar surface area (TPSA) is 166 Å². The van der Waals surface area contributed by atoms with Crippen LogP contribution < -0.4 is 15.4 Å². The highest BCUT2D eigenvalue weighted by Gasteiger charge is 2.29. The molecule has 3 aromatic carbocycles. The molecule has 0 unspecified atom stereocenters. The molecule has 0 fully saturated rings. The molecule has 181 valence electrons. The summed E-state index contributed by atoms with van der Waals surface area (Å²) in [5.74, 6) is -3.09. The number of fused-ring (bicyclic) bond motifs is 1. The lowest BCUT2D eigenvalue weighted by atomic mass is 10.1. The van der Waals surface area contributed by atoms with Crippen LogP contribution in [0.3, 0.4) is 0 Å². The maximum absolute atomic E-state index is 12.9. The van der Waals surface area contributed by atoms with Gasteiger partial charge in [0.1, 0.15) is 6.04 Å². The molecule has 3 rings (SSSR count). The minimum atomic E-state index is -4.27. The van der Waals surface area contributed by atoms with E-state index in [-0.39, 0.29) is 11.3 Å². The third-order valence-electron chi connectivity index (χ3n) is 5.02. The molecule has 0 saturated carbocycles. The van der Waals surface area contributed by atoms with Gasteiger partial charge in [-0.3, -0.25) is 25.1 Å². The van der Waals surface area contributed by atoms with Crippen molar-refractivity contribution >= 4 is 44.9 Å². The summed E-state index contributed by atoms with van der Waals surface area (Å²) in [7, 11) is -4.27. The fourth-order valence-electron chi connectivity index (χ4n) is 3.34. The standard InChI is InChI=1S/C24H23N4O6S/c25-24(26-19(15-29)12-16-6-2-1-3-7-16)27-23(32)21(14-22(30)31)28-35(33,34)20-11-10-17-8-4-5-9-18(17)13-20/h1-11,13,19,21,28H,12,14H2,(H,30,31)(H3,25,26,27,32)/t19-,21-/m0/s1. The van der Waals surface area contributed by atoms with Crippen molar-refractivity contribution in [1.29, 1.82) is 5.41 Å². The molecule has 0 aliphatic heterocycles. The number of hydrogen-bond acceptors (Lipinski definition) is 6. The lowest BCUT2D eigenvalue weighted by Gasteiger charge is -2.19. The highest BCUT2D eigenvalue weighted by molar-refractivity contribution is 7.89. The zero-order valence-corrected chi connectivity index (χ0v) is 19.2. The van der Waals surface area contributed by atoms with Gasteiger partial charge in [-0.15, -0.1) is 0 Å². The van der Waals surface area contributed by atoms with Gasteiger partial charge < -0.3 is 10.4 Å². The highest BCUT2D eigenvalue weighted by Crippen LogP contribution is 2.19. The molecule has 2 atom stereocenters. The number of guanidine groups is 1. The summed E-state index contributed by atoms with van der Waals surface area (Å²) in [5.41, 5.74) is 0.791. The Kier molecular flexibility index (Phi) is 8.29. The SMILES string of the molecule is N=C(NC(=O)[C@H](CC(=O)O)NS(=O)(=O)c1ccc2ccccc2c1)N[C@H]([C]=O)Cc1ccccc1. The summed E-state index contributed by atoms with van der Waals surface area (Å²) in [4.78, 5) is 35.1. The van der Waals surface area contributed by atoms with E-state index >= 15 is 0 Å². The van der Waals surface area contributed by atoms with Gasteiger partial charge >= 0.3 is 5.97 Å². The number of carboxylic acids is 1. The molecule has 0 spiro atoms. The molecule has 0 heterocycles. The number of carbonyl (C=O) groups is 2. The molecule has 10 nitrogen and oxygen atoms in total. The number of rotatable bonds is 10. The quantitative estimate of drug-likeness (QED) is 0.209. The Hall–Kier alpha value is -4.09. The first-order valence-electron chi connectivity index (χ1n) is 10.5. The molecule has 3 aromatic rings. The fourth-order valence-corrected chi connectivity index (χ4v) is 4.58. The summed E-state index contributed by atoms with van der Waals surface area (Å²) in [6, 6.07) is 17.7. The number of benzene rings is 3. The Bertz CT molecular complexity index is 1340. The zero-order chi connectivity index (χ0) is 25.4. The summed E-state index contributed by atoms with van der Waals surface area (Å²) < 4.78 is 27.9. The van der Waals surface area contributed by atoms with Gasteiger partial charge in [-0.05, 0) is 28.5 Å². The third kappa shape index (κ3) is 7.19. The number of carbonyl (C=O) groups excluding carboxylic acids is 2. The third-order valence-corrected chi connectivity index (χ3v) is 6.48. The van der Waals surface area contributed by atoms with Gasteiger partial charge in [0.05, 0.1) is 17.4 Å². The van der Waals surface area contributed by atoms with Gasteiger partial charge in [0, 0.05) is 6.42 Å². The smallest absolute Gasteiger partial charge is 0.305 e. The number of nitrogens with one attached hydrogen (secondary N) is 4. The van der Waals surface area contributed by atoms with Crippen LogP contribution in [0.4, 0.5) is 0 Å². The summed E-state index contributed by atoms with van der Waals surface area (Å²) >= 11 is 0. The van der Waals surface area contributed by atoms with Gasteiger partial charge in [-0.25, -0.2) is 8.42 Å². The molecular weight excluding hydrogens is 472 g/mol. The van der Waals surface area contributed by atoms with Crippen molar-refractivity contribution in [3.05, 3.63) is 78.4 Å². The van der Waals surface area contributed by atoms with Gasteiger partial charge in [0.15, 0.2) is 5.96 Å². The Balaban J connectivity index is 1.70. The number of carboxylic acid groups (broad SMARTS) is 1. The van der Waals surface area contributed by atoms with Gasteiger partial charge in [-0.2, -0.15) is 4.72 Å². The van der Waals surface area contributed by atoms with E-state index in [4.69, 9.17) is 5.41 Å². The van der Waals surface area contributed by atoms with Gasteiger partial charge in [0.25, 0.3) is 0 Å². The van der Waals surface area contributed by atoms with Crippen LogP contribution in [0.15, 0.2) is 77.7 Å². The van der Waals surface area contributed by atoms with Crippen molar-refractivity contribution < 1.29 is 27.9 Å². The number of hydrogen-bond donors (Lipinski definition) is 5. The van der Waals surface area contributed by atoms with Crippen molar-refractivity contribution in [2.75, 3.05) is 0 Å². The first-order chi connectivity index (χ1) is 16.7. The lowest BCUT2D eigenvalue weighted by molar-refractivity contribution is -0.139. The van der Waals surface area contributed by atoms with E-state index in [0.717, 1.165) is 10.9 Å². The Labute approximate surface area is 201 Å². The first-order valence-corrected chi connectivity index (χ1v) is 12.0. The molecule has 1 amide bonds. The molecule has 1 radical (unpaired) electrons. The first kappa shape index (κ1) is 25.5. The largest absolute Gasteiger partial charge is 0.481 e. The monoisotopic (exact) mass is 495 g/mol. The Morgan fingerprint density at radius 3 is 2.29 bits per heavy atom. The van der Waals surface area contributed by atoms with Crippen molar-refractivity contribution in [2.24, 2.45) is 0 Å². The number of amides is 1. The van der Waals surface area contributed by atoms with Crippen LogP contribution in [0, 0.1) is 5.41 Å². The van der Waals surface area contributed by atoms with Crippen molar-refractivity contribution in [1.82, 2.24) is 15.4 Å². The Morgan fingerprint density at radius 1 is 0.971 bits per heavy atom. The van der Waals surface area contributed by atoms with Crippen LogP contribution in [0.25, 0.3) is 10.8 Å². The van der Waals surface area contributed by atoms with E-state index in [1.54, 1.807) is 66.9 Å². The minimum Gasteiger partial charge on any atom is -0.481 e. The van der Waals surface area contributed by atoms with Crippen molar-refractivity contribution in [3.63, 3.8) is 0 Å². The molecular formula is C24H23N4O6S. The van der Waals surface area contributed by atoms with E-state index in [2.05, 4.69) is 15.4 Å². The molecule has 35 heavy (non-hydrogen) atoms. The van der Waals surface area contributed by atoms with Crippen LogP contribution in [-0.4, -0.2) is 49.7 Å². The predicted molar refractivity (Wildman–Crippen MR) is 129 cm³/mol. The summed E-state index contributed by atoms with van der Waals surface area (Å²) in [6.45, 7) is 0. The normalized spacial score (nSPS) is 12.9. The second kappa shape index (κ2) is 11.4. The molecule has 0 saturated heterocycles. The van der Waals surface area contributed by atoms with Gasteiger partial charge in [-0.1, -0.05) is 60.7 Å². The van der Waals surface area contributed by atoms with Crippen LogP contribution in [0.1, 0.15) is 12.0 Å². The second-order valence-electron chi connectivity index (χ2n) is 7.65. The van der Waals surface area contributed by atoms with Crippen LogP contribution >= 0.6 is 0 Å². The van der Waals surface area contributed by atoms with E-state index in [1.807, 2.05) is 0 Å². The minimum absolute atomic E-state index is 0.147. The summed E-state index contributed by atoms with van der Waals surface area (Å²) in [5, 5.41) is 23.2. The lowest BCUT2D eigenvalue weighted by Crippen LogP contribution is -2.53. The highest BCUT2D eigenvalue weighted by atomic mass is 32.2. The molecule has 0 aliphatic rings. The fraction of sp³-hybridized carbons (Fsp3) is 0.167. The Morgan fingerprint density at radius 2 is 1.63 bits per heavy atom. The van der Waals surface area contributed by atoms with E-state index < -0.39 is 46.4 Å². The van der Waals surface area contributed by atoms with Crippen LogP contribution in [-0.2, 0) is 30.8 Å². The van der Waals surface area contributed by atoms with E-state index in [0.29, 0.717) is 5.39 Å². The number of aliphatic carboxylic acids is 1. The average Bonchev–Trinajstić information content (AvgIpc) is 2.83. The van der Waals surface area contributed by atoms with Gasteiger partial charge in [0.2, 0.25) is 22.2 Å². The second-order valence-corrected chi connectivity index (χ2v) is 9.36. The average molecular weight is 496 g/mol. The zero-order valence-electron chi connectivity index (χ0n) is 18.4. The molecule has 0 bridgehead atoms. The van der Waals surface area contributed by atoms with E-state index in [1.165, 1.54) is 12.1 Å². The summed E-state index contributed by atoms with van der Waals surface area (Å²) in [6.07, 6.45) is 1.06.